The summed E-state index contributed by atoms with van der Waals surface area (Å²) in [6.45, 7) is 3.92. The number of aldehydes is 1. The van der Waals surface area contributed by atoms with Gasteiger partial charge in [0.15, 0.2) is 0 Å². The van der Waals surface area contributed by atoms with Gasteiger partial charge >= 0.3 is 5.97 Å². The van der Waals surface area contributed by atoms with E-state index in [1.807, 2.05) is 0 Å². The van der Waals surface area contributed by atoms with Crippen molar-refractivity contribution in [2.45, 2.75) is 52.1 Å². The molecule has 1 heterocycles. The smallest absolute Gasteiger partial charge is 0.306 e. The highest BCUT2D eigenvalue weighted by Crippen LogP contribution is 2.60. The van der Waals surface area contributed by atoms with Crippen LogP contribution in [0, 0.1) is 22.7 Å². The van der Waals surface area contributed by atoms with Crippen LogP contribution in [0.4, 0.5) is 0 Å². The average Bonchev–Trinajstić information content (AvgIpc) is 2.76. The van der Waals surface area contributed by atoms with Crippen LogP contribution in [0.15, 0.2) is 0 Å². The number of ether oxygens (including phenoxy) is 1. The summed E-state index contributed by atoms with van der Waals surface area (Å²) in [5.41, 5.74) is -0.998. The second kappa shape index (κ2) is 3.90. The van der Waals surface area contributed by atoms with E-state index < -0.39 is 5.41 Å². The first-order valence-corrected chi connectivity index (χ1v) is 7.11. The Labute approximate surface area is 112 Å². The lowest BCUT2D eigenvalue weighted by atomic mass is 9.47. The van der Waals surface area contributed by atoms with Crippen molar-refractivity contribution in [2.24, 2.45) is 22.7 Å². The minimum Gasteiger partial charge on any atom is -0.462 e. The van der Waals surface area contributed by atoms with Crippen LogP contribution in [0.25, 0.3) is 0 Å². The molecule has 0 spiro atoms. The van der Waals surface area contributed by atoms with Crippen molar-refractivity contribution < 1.29 is 19.1 Å². The highest BCUT2D eigenvalue weighted by molar-refractivity contribution is 5.99. The van der Waals surface area contributed by atoms with Gasteiger partial charge in [0, 0.05) is 12.3 Å². The predicted octanol–water partition coefficient (Wildman–Crippen LogP) is 1.90. The topological polar surface area (TPSA) is 60.4 Å². The molecule has 3 aliphatic rings. The first-order chi connectivity index (χ1) is 8.91. The van der Waals surface area contributed by atoms with Gasteiger partial charge in [-0.3, -0.25) is 9.59 Å². The normalized spacial score (nSPS) is 49.3. The van der Waals surface area contributed by atoms with E-state index in [-0.39, 0.29) is 35.1 Å². The molecule has 0 unspecified atom stereocenters. The van der Waals surface area contributed by atoms with Crippen LogP contribution in [0.2, 0.25) is 0 Å². The summed E-state index contributed by atoms with van der Waals surface area (Å²) in [4.78, 5) is 35.3. The second-order valence-corrected chi connectivity index (χ2v) is 6.80. The average molecular weight is 264 g/mol. The lowest BCUT2D eigenvalue weighted by Crippen LogP contribution is -2.56. The molecule has 0 aromatic heterocycles. The molecule has 3 fully saturated rings. The summed E-state index contributed by atoms with van der Waals surface area (Å²) in [6.07, 6.45) is 4.09. The third-order valence-electron chi connectivity index (χ3n) is 5.96. The highest BCUT2D eigenvalue weighted by atomic mass is 16.5. The first-order valence-electron chi connectivity index (χ1n) is 7.11. The molecule has 2 aliphatic carbocycles. The van der Waals surface area contributed by atoms with Crippen molar-refractivity contribution >= 4 is 18.0 Å². The van der Waals surface area contributed by atoms with Gasteiger partial charge in [-0.1, -0.05) is 6.92 Å². The maximum Gasteiger partial charge on any atom is 0.306 e. The summed E-state index contributed by atoms with van der Waals surface area (Å²) in [6, 6.07) is 0. The molecule has 3 rings (SSSR count). The molecule has 19 heavy (non-hydrogen) atoms. The van der Waals surface area contributed by atoms with E-state index in [1.54, 1.807) is 6.92 Å². The number of Topliss-reactive ketones (excluding diaryl/α,β-unsaturated/α-hetero) is 1. The summed E-state index contributed by atoms with van der Waals surface area (Å²) < 4.78 is 5.40. The Morgan fingerprint density at radius 3 is 2.68 bits per heavy atom. The number of ketones is 1. The summed E-state index contributed by atoms with van der Waals surface area (Å²) in [5.74, 6) is 0.163. The zero-order valence-corrected chi connectivity index (χ0v) is 11.5. The van der Waals surface area contributed by atoms with Crippen LogP contribution >= 0.6 is 0 Å². The van der Waals surface area contributed by atoms with Gasteiger partial charge in [-0.25, -0.2) is 0 Å². The predicted molar refractivity (Wildman–Crippen MR) is 67.2 cm³/mol. The largest absolute Gasteiger partial charge is 0.462 e. The Hall–Kier alpha value is -1.19. The molecule has 1 saturated heterocycles. The molecular weight excluding hydrogens is 244 g/mol. The van der Waals surface area contributed by atoms with Crippen LogP contribution in [-0.4, -0.2) is 24.1 Å². The molecule has 1 aliphatic heterocycles. The van der Waals surface area contributed by atoms with Gasteiger partial charge in [0.1, 0.15) is 18.2 Å². The molecule has 4 nitrogen and oxygen atoms in total. The maximum absolute atomic E-state index is 12.2. The standard InChI is InChI=1S/C15H20O4/c1-14-6-5-12(17)15(2,8-16)11(14)4-3-10-9(14)7-13(18)19-10/h8-11H,3-7H2,1-2H3/t9-,10+,11+,14-,15+/m0/s1. The van der Waals surface area contributed by atoms with E-state index in [2.05, 4.69) is 6.92 Å². The van der Waals surface area contributed by atoms with Gasteiger partial charge < -0.3 is 9.53 Å². The fraction of sp³-hybridized carbons (Fsp3) is 0.800. The fourth-order valence-corrected chi connectivity index (χ4v) is 4.79. The number of hydrogen-bond donors (Lipinski definition) is 0. The van der Waals surface area contributed by atoms with Gasteiger partial charge in [-0.05, 0) is 37.5 Å². The van der Waals surface area contributed by atoms with E-state index in [0.717, 1.165) is 25.5 Å². The number of fused-ring (bicyclic) bond motifs is 3. The van der Waals surface area contributed by atoms with Crippen molar-refractivity contribution in [3.63, 3.8) is 0 Å². The van der Waals surface area contributed by atoms with Gasteiger partial charge in [-0.15, -0.1) is 0 Å². The molecule has 2 saturated carbocycles. The first kappa shape index (κ1) is 12.8. The molecule has 0 aromatic rings. The minimum absolute atomic E-state index is 0.00199. The Balaban J connectivity index is 2.01. The highest BCUT2D eigenvalue weighted by Gasteiger charge is 2.61. The zero-order valence-electron chi connectivity index (χ0n) is 11.5. The number of esters is 1. The molecule has 104 valence electrons. The minimum atomic E-state index is -0.871. The van der Waals surface area contributed by atoms with Gasteiger partial charge in [-0.2, -0.15) is 0 Å². The van der Waals surface area contributed by atoms with E-state index in [1.165, 1.54) is 0 Å². The SMILES string of the molecule is C[C@@]12CCC(=O)[C@](C)(C=O)[C@@H]1CC[C@H]1OC(=O)C[C@@H]12. The molecule has 0 radical (unpaired) electrons. The van der Waals surface area contributed by atoms with E-state index in [4.69, 9.17) is 4.74 Å². The number of carbonyl (C=O) groups excluding carboxylic acids is 3. The van der Waals surface area contributed by atoms with Crippen LogP contribution in [0.1, 0.15) is 46.0 Å². The quantitative estimate of drug-likeness (QED) is 0.412. The van der Waals surface area contributed by atoms with Crippen LogP contribution in [0.5, 0.6) is 0 Å². The van der Waals surface area contributed by atoms with Crippen molar-refractivity contribution in [3.8, 4) is 0 Å². The van der Waals surface area contributed by atoms with Crippen molar-refractivity contribution in [3.05, 3.63) is 0 Å². The third kappa shape index (κ3) is 1.55. The van der Waals surface area contributed by atoms with Gasteiger partial charge in [0.2, 0.25) is 0 Å². The third-order valence-corrected chi connectivity index (χ3v) is 5.96. The monoisotopic (exact) mass is 264 g/mol. The van der Waals surface area contributed by atoms with Crippen LogP contribution in [-0.2, 0) is 19.1 Å². The maximum atomic E-state index is 12.2. The number of hydrogen-bond acceptors (Lipinski definition) is 4. The molecule has 5 atom stereocenters. The zero-order chi connectivity index (χ0) is 13.8. The molecule has 0 bridgehead atoms. The Morgan fingerprint density at radius 1 is 1.26 bits per heavy atom. The fourth-order valence-electron chi connectivity index (χ4n) is 4.79. The lowest BCUT2D eigenvalue weighted by molar-refractivity contribution is -0.160. The second-order valence-electron chi connectivity index (χ2n) is 6.80. The van der Waals surface area contributed by atoms with Crippen molar-refractivity contribution in [2.75, 3.05) is 0 Å². The molecule has 0 amide bonds. The summed E-state index contributed by atoms with van der Waals surface area (Å²) in [7, 11) is 0. The van der Waals surface area contributed by atoms with E-state index >= 15 is 0 Å². The Morgan fingerprint density at radius 2 is 2.00 bits per heavy atom. The van der Waals surface area contributed by atoms with E-state index in [0.29, 0.717) is 12.8 Å². The summed E-state index contributed by atoms with van der Waals surface area (Å²) in [5, 5.41) is 0. The molecule has 4 heteroatoms. The van der Waals surface area contributed by atoms with Crippen LogP contribution < -0.4 is 0 Å². The van der Waals surface area contributed by atoms with Gasteiger partial charge in [0.05, 0.1) is 11.8 Å². The Kier molecular flexibility index (Phi) is 2.63. The van der Waals surface area contributed by atoms with Crippen molar-refractivity contribution in [1.82, 2.24) is 0 Å². The molecule has 0 aromatic carbocycles. The summed E-state index contributed by atoms with van der Waals surface area (Å²) >= 11 is 0. The number of carbonyl (C=O) groups is 3. The molecular formula is C15H20O4. The van der Waals surface area contributed by atoms with Crippen molar-refractivity contribution in [1.29, 1.82) is 0 Å². The number of rotatable bonds is 1. The van der Waals surface area contributed by atoms with Crippen LogP contribution in [0.3, 0.4) is 0 Å². The Bertz CT molecular complexity index is 457. The van der Waals surface area contributed by atoms with E-state index in [9.17, 15) is 14.4 Å². The lowest BCUT2D eigenvalue weighted by Gasteiger charge is -2.55. The van der Waals surface area contributed by atoms with Gasteiger partial charge in [0.25, 0.3) is 0 Å². The molecule has 0 N–H and O–H groups in total.